The number of nitrogens with zero attached hydrogens (tertiary/aromatic N) is 1. The van der Waals surface area contributed by atoms with Crippen LogP contribution in [0.1, 0.15) is 11.1 Å². The zero-order valence-electron chi connectivity index (χ0n) is 17.9. The first-order chi connectivity index (χ1) is 15.8. The van der Waals surface area contributed by atoms with E-state index in [1.165, 1.54) is 17.0 Å². The summed E-state index contributed by atoms with van der Waals surface area (Å²) in [4.78, 5) is 53.7. The molecule has 33 heavy (non-hydrogen) atoms. The Balaban J connectivity index is 2.12. The number of hydrogen-bond acceptors (Lipinski definition) is 7. The molecular weight excluding hydrogens is 450 g/mol. The van der Waals surface area contributed by atoms with Gasteiger partial charge in [0, 0.05) is 16.2 Å². The third-order valence-corrected chi connectivity index (χ3v) is 5.88. The van der Waals surface area contributed by atoms with Gasteiger partial charge in [0.1, 0.15) is 5.57 Å². The number of para-hydroxylation sites is 1. The monoisotopic (exact) mass is 467 g/mol. The van der Waals surface area contributed by atoms with E-state index in [-0.39, 0.29) is 28.1 Å². The predicted molar refractivity (Wildman–Crippen MR) is 118 cm³/mol. The minimum atomic E-state index is -2.00. The Morgan fingerprint density at radius 1 is 0.879 bits per heavy atom. The topological polar surface area (TPSA) is 99.2 Å². The summed E-state index contributed by atoms with van der Waals surface area (Å²) in [5.41, 5.74) is -1.03. The van der Waals surface area contributed by atoms with Crippen LogP contribution in [0.3, 0.4) is 0 Å². The molecule has 0 N–H and O–H groups in total. The minimum Gasteiger partial charge on any atom is -0.468 e. The predicted octanol–water partition coefficient (Wildman–Crippen LogP) is 2.79. The second-order valence-corrected chi connectivity index (χ2v) is 7.66. The van der Waals surface area contributed by atoms with Gasteiger partial charge in [0.25, 0.3) is 5.91 Å². The molecule has 0 saturated heterocycles. The second kappa shape index (κ2) is 8.22. The molecule has 0 aromatic heterocycles. The van der Waals surface area contributed by atoms with E-state index in [1.54, 1.807) is 42.5 Å². The van der Waals surface area contributed by atoms with E-state index in [0.717, 1.165) is 21.3 Å². The molecule has 2 aromatic rings. The van der Waals surface area contributed by atoms with Crippen LogP contribution in [0, 0.1) is 0 Å². The van der Waals surface area contributed by atoms with Crippen molar-refractivity contribution in [2.24, 2.45) is 0 Å². The van der Waals surface area contributed by atoms with Gasteiger partial charge in [-0.15, -0.1) is 0 Å². The Labute approximate surface area is 194 Å². The molecule has 0 spiro atoms. The average molecular weight is 468 g/mol. The van der Waals surface area contributed by atoms with Crippen molar-refractivity contribution in [2.45, 2.75) is 5.41 Å². The van der Waals surface area contributed by atoms with Crippen LogP contribution < -0.4 is 4.90 Å². The second-order valence-electron chi connectivity index (χ2n) is 7.23. The molecule has 4 rings (SSSR count). The first-order valence-corrected chi connectivity index (χ1v) is 10.1. The number of allylic oxidation sites excluding steroid dienone is 1. The molecule has 0 saturated carbocycles. The molecule has 2 aromatic carbocycles. The van der Waals surface area contributed by atoms with Gasteiger partial charge in [-0.3, -0.25) is 19.3 Å². The van der Waals surface area contributed by atoms with Crippen LogP contribution in [0.25, 0.3) is 5.57 Å². The highest BCUT2D eigenvalue weighted by Crippen LogP contribution is 2.50. The number of hydrogen-bond donors (Lipinski definition) is 0. The number of methoxy groups -OCH3 is 3. The van der Waals surface area contributed by atoms with Gasteiger partial charge in [-0.2, -0.15) is 0 Å². The number of benzene rings is 2. The minimum absolute atomic E-state index is 0.150. The molecule has 0 unspecified atom stereocenters. The quantitative estimate of drug-likeness (QED) is 0.295. The lowest BCUT2D eigenvalue weighted by molar-refractivity contribution is -0.159. The average Bonchev–Trinajstić information content (AvgIpc) is 3.14. The maximum absolute atomic E-state index is 13.5. The molecule has 1 amide bonds. The molecule has 0 aliphatic carbocycles. The van der Waals surface area contributed by atoms with Gasteiger partial charge in [-0.05, 0) is 29.8 Å². The van der Waals surface area contributed by atoms with Crippen molar-refractivity contribution in [2.75, 3.05) is 26.2 Å². The summed E-state index contributed by atoms with van der Waals surface area (Å²) >= 11 is 6.02. The lowest BCUT2D eigenvalue weighted by atomic mass is 9.75. The zero-order valence-corrected chi connectivity index (χ0v) is 18.6. The van der Waals surface area contributed by atoms with E-state index in [4.69, 9.17) is 25.8 Å². The van der Waals surface area contributed by atoms with Crippen LogP contribution in [0.4, 0.5) is 5.69 Å². The van der Waals surface area contributed by atoms with Crippen molar-refractivity contribution in [3.63, 3.8) is 0 Å². The maximum atomic E-state index is 13.5. The summed E-state index contributed by atoms with van der Waals surface area (Å²) in [7, 11) is 3.46. The van der Waals surface area contributed by atoms with Crippen molar-refractivity contribution in [3.05, 3.63) is 82.0 Å². The third-order valence-electron chi connectivity index (χ3n) is 5.62. The first-order valence-electron chi connectivity index (χ1n) is 9.74. The van der Waals surface area contributed by atoms with Gasteiger partial charge in [0.2, 0.25) is 5.41 Å². The summed E-state index contributed by atoms with van der Waals surface area (Å²) in [6.07, 6.45) is 1.30. The Bertz CT molecular complexity index is 1240. The summed E-state index contributed by atoms with van der Waals surface area (Å²) in [6.45, 7) is 0. The highest BCUT2D eigenvalue weighted by molar-refractivity contribution is 6.35. The number of halogens is 1. The molecule has 9 heteroatoms. The molecular formula is C24H18ClNO7. The van der Waals surface area contributed by atoms with E-state index in [1.807, 2.05) is 0 Å². The lowest BCUT2D eigenvalue weighted by Crippen LogP contribution is -2.48. The van der Waals surface area contributed by atoms with E-state index in [0.29, 0.717) is 10.6 Å². The van der Waals surface area contributed by atoms with Crippen molar-refractivity contribution in [1.82, 2.24) is 0 Å². The van der Waals surface area contributed by atoms with E-state index in [9.17, 15) is 19.2 Å². The lowest BCUT2D eigenvalue weighted by Gasteiger charge is -2.36. The summed E-state index contributed by atoms with van der Waals surface area (Å²) < 4.78 is 14.9. The van der Waals surface area contributed by atoms with Crippen LogP contribution in [0.5, 0.6) is 0 Å². The van der Waals surface area contributed by atoms with E-state index >= 15 is 0 Å². The maximum Gasteiger partial charge on any atom is 0.344 e. The number of ether oxygens (including phenoxy) is 3. The number of carbonyl (C=O) groups is 4. The van der Waals surface area contributed by atoms with Crippen molar-refractivity contribution in [3.8, 4) is 0 Å². The van der Waals surface area contributed by atoms with Gasteiger partial charge >= 0.3 is 17.9 Å². The molecule has 0 bridgehead atoms. The first kappa shape index (κ1) is 22.3. The molecule has 2 aliphatic heterocycles. The molecule has 0 atom stereocenters. The highest BCUT2D eigenvalue weighted by atomic mass is 35.5. The largest absolute Gasteiger partial charge is 0.468 e. The van der Waals surface area contributed by atoms with Gasteiger partial charge in [-0.1, -0.05) is 41.9 Å². The summed E-state index contributed by atoms with van der Waals surface area (Å²) in [5.74, 6) is -3.32. The third kappa shape index (κ3) is 3.14. The van der Waals surface area contributed by atoms with Gasteiger partial charge in [0.05, 0.1) is 32.7 Å². The number of carbonyl (C=O) groups excluding carboxylic acids is 4. The van der Waals surface area contributed by atoms with Crippen LogP contribution in [-0.2, 0) is 38.8 Å². The van der Waals surface area contributed by atoms with Gasteiger partial charge in [0.15, 0.2) is 0 Å². The van der Waals surface area contributed by atoms with Gasteiger partial charge < -0.3 is 14.2 Å². The van der Waals surface area contributed by atoms with Crippen LogP contribution in [0.15, 0.2) is 65.9 Å². The van der Waals surface area contributed by atoms with Crippen molar-refractivity contribution in [1.29, 1.82) is 0 Å². The Hall–Kier alpha value is -3.91. The number of esters is 3. The summed E-state index contributed by atoms with van der Waals surface area (Å²) in [6, 6.07) is 12.8. The van der Waals surface area contributed by atoms with Crippen LogP contribution in [0.2, 0.25) is 5.02 Å². The standard InChI is InChI=1S/C24H18ClNO7/c1-31-21(28)19-18(13-8-10-14(25)11-9-13)17-12-24(22(29)32-2,23(30)33-3)15-6-4-5-7-16(15)26(17)20(19)27/h4-12H,1-3H3. The number of anilines is 1. The molecule has 2 aliphatic rings. The number of rotatable bonds is 4. The van der Waals surface area contributed by atoms with Crippen LogP contribution in [-0.4, -0.2) is 45.1 Å². The zero-order chi connectivity index (χ0) is 23.9. The fourth-order valence-electron chi connectivity index (χ4n) is 4.17. The van der Waals surface area contributed by atoms with E-state index in [2.05, 4.69) is 0 Å². The molecule has 0 fully saturated rings. The fraction of sp³-hybridized carbons (Fsp3) is 0.167. The molecule has 168 valence electrons. The normalized spacial score (nSPS) is 15.9. The Morgan fingerprint density at radius 3 is 2.06 bits per heavy atom. The molecule has 2 heterocycles. The SMILES string of the molecule is COC(=O)C1=C(c2ccc(Cl)cc2)C2=CC(C(=O)OC)(C(=O)OC)c3ccccc3N2C1=O. The Morgan fingerprint density at radius 2 is 1.48 bits per heavy atom. The highest BCUT2D eigenvalue weighted by Gasteiger charge is 2.56. The number of amides is 1. The van der Waals surface area contributed by atoms with Crippen LogP contribution >= 0.6 is 11.6 Å². The van der Waals surface area contributed by atoms with Gasteiger partial charge in [-0.25, -0.2) is 4.79 Å². The number of fused-ring (bicyclic) bond motifs is 3. The Kier molecular flexibility index (Phi) is 5.55. The fourth-order valence-corrected chi connectivity index (χ4v) is 4.30. The van der Waals surface area contributed by atoms with Crippen molar-refractivity contribution < 1.29 is 33.4 Å². The summed E-state index contributed by atoms with van der Waals surface area (Å²) in [5, 5.41) is 0.446. The smallest absolute Gasteiger partial charge is 0.344 e. The molecule has 0 radical (unpaired) electrons. The van der Waals surface area contributed by atoms with E-state index < -0.39 is 29.2 Å². The van der Waals surface area contributed by atoms with Crippen molar-refractivity contribution >= 4 is 46.7 Å². The molecule has 8 nitrogen and oxygen atoms in total.